The number of rotatable bonds is 14. The Balaban J connectivity index is 0.00000363. The summed E-state index contributed by atoms with van der Waals surface area (Å²) >= 11 is 3.57. The number of benzene rings is 3. The van der Waals surface area contributed by atoms with Crippen LogP contribution in [0.15, 0.2) is 91.0 Å². The van der Waals surface area contributed by atoms with E-state index in [0.717, 1.165) is 12.2 Å². The maximum atomic E-state index is 3.57. The Hall–Kier alpha value is -1.51. The summed E-state index contributed by atoms with van der Waals surface area (Å²) in [5, 5.41) is 0. The lowest BCUT2D eigenvalue weighted by Crippen LogP contribution is -3.00. The molecule has 0 fully saturated rings. The Kier molecular flexibility index (Phi) is 12.8. The molecule has 0 saturated carbocycles. The molecule has 0 atom stereocenters. The molecule has 0 aliphatic carbocycles. The van der Waals surface area contributed by atoms with Gasteiger partial charge in [-0.25, -0.2) is 0 Å². The molecule has 0 nitrogen and oxygen atoms in total. The highest BCUT2D eigenvalue weighted by molar-refractivity contribution is 7.58. The molecular weight excluding hydrogens is 472 g/mol. The van der Waals surface area contributed by atoms with E-state index in [1.165, 1.54) is 74.5 Å². The molecule has 0 N–H and O–H groups in total. The molecular formula is C30H39BrS. The highest BCUT2D eigenvalue weighted by atomic mass is 79.9. The molecule has 0 saturated heterocycles. The molecule has 0 aromatic heterocycles. The molecule has 3 aromatic carbocycles. The van der Waals surface area contributed by atoms with E-state index in [4.69, 9.17) is 0 Å². The van der Waals surface area contributed by atoms with Gasteiger partial charge in [-0.15, -0.1) is 0 Å². The van der Waals surface area contributed by atoms with Gasteiger partial charge in [-0.3, -0.25) is 0 Å². The van der Waals surface area contributed by atoms with Gasteiger partial charge in [-0.1, -0.05) is 136 Å². The minimum absolute atomic E-state index is 0. The fourth-order valence-electron chi connectivity index (χ4n) is 4.85. The second kappa shape index (κ2) is 15.3. The van der Waals surface area contributed by atoms with Crippen LogP contribution in [0.4, 0.5) is 0 Å². The van der Waals surface area contributed by atoms with Gasteiger partial charge in [-0.2, -0.15) is 0 Å². The Labute approximate surface area is 212 Å². The van der Waals surface area contributed by atoms with Crippen molar-refractivity contribution in [2.45, 2.75) is 69.6 Å². The zero-order valence-electron chi connectivity index (χ0n) is 19.3. The molecule has 3 aromatic rings. The molecule has 3 rings (SSSR count). The number of hydrogen-bond acceptors (Lipinski definition) is 0. The monoisotopic (exact) mass is 510 g/mol. The molecule has 0 aliphatic rings. The first-order valence-electron chi connectivity index (χ1n) is 12.2. The van der Waals surface area contributed by atoms with E-state index in [0.29, 0.717) is 0 Å². The number of hydrogen-bond donors (Lipinski definition) is 0. The normalized spacial score (nSPS) is 11.2. The number of unbranched alkanes of at least 4 members (excludes halogenated alkanes) is 8. The molecule has 0 radical (unpaired) electrons. The van der Waals surface area contributed by atoms with Crippen LogP contribution in [0, 0.1) is 0 Å². The maximum absolute atomic E-state index is 3.57. The van der Waals surface area contributed by atoms with E-state index >= 15 is 0 Å². The van der Waals surface area contributed by atoms with Crippen LogP contribution >= 0.6 is 0 Å². The third kappa shape index (κ3) is 7.52. The summed E-state index contributed by atoms with van der Waals surface area (Å²) < 4.78 is 0. The molecule has 0 amide bonds. The lowest BCUT2D eigenvalue weighted by atomic mass is 9.66. The van der Waals surface area contributed by atoms with Gasteiger partial charge in [0.1, 0.15) is 5.75 Å². The Morgan fingerprint density at radius 1 is 0.438 bits per heavy atom. The minimum atomic E-state index is -0.0840. The molecule has 0 aliphatic heterocycles. The van der Waals surface area contributed by atoms with Gasteiger partial charge in [-0.05, 0) is 48.6 Å². The van der Waals surface area contributed by atoms with Gasteiger partial charge in [0.15, 0.2) is 0 Å². The van der Waals surface area contributed by atoms with E-state index in [-0.39, 0.29) is 22.4 Å². The second-order valence-electron chi connectivity index (χ2n) is 8.69. The second-order valence-corrected chi connectivity index (χ2v) is 9.19. The highest BCUT2D eigenvalue weighted by Gasteiger charge is 2.35. The third-order valence-electron chi connectivity index (χ3n) is 6.53. The summed E-state index contributed by atoms with van der Waals surface area (Å²) in [4.78, 5) is 0. The lowest BCUT2D eigenvalue weighted by molar-refractivity contribution is -0.00000621. The van der Waals surface area contributed by atoms with Crippen molar-refractivity contribution >= 4 is 12.6 Å². The van der Waals surface area contributed by atoms with Gasteiger partial charge in [0, 0.05) is 5.41 Å². The van der Waals surface area contributed by atoms with Gasteiger partial charge in [0.2, 0.25) is 0 Å². The predicted octanol–water partition coefficient (Wildman–Crippen LogP) is 4.94. The summed E-state index contributed by atoms with van der Waals surface area (Å²) in [5.74, 6) is 1.14. The molecule has 2 heteroatoms. The molecule has 0 spiro atoms. The average molecular weight is 512 g/mol. The fraction of sp³-hybridized carbons (Fsp3) is 0.400. The topological polar surface area (TPSA) is 0 Å². The Morgan fingerprint density at radius 3 is 1.09 bits per heavy atom. The Morgan fingerprint density at radius 2 is 0.750 bits per heavy atom. The summed E-state index contributed by atoms with van der Waals surface area (Å²) in [7, 11) is 0. The molecule has 172 valence electrons. The minimum Gasteiger partial charge on any atom is -1.00 e. The van der Waals surface area contributed by atoms with Crippen LogP contribution < -0.4 is 17.0 Å². The van der Waals surface area contributed by atoms with Crippen LogP contribution in [0.5, 0.6) is 0 Å². The lowest BCUT2D eigenvalue weighted by Gasteiger charge is -2.36. The number of halogens is 1. The zero-order valence-corrected chi connectivity index (χ0v) is 21.9. The summed E-state index contributed by atoms with van der Waals surface area (Å²) in [6.07, 6.45) is 13.3. The van der Waals surface area contributed by atoms with Gasteiger partial charge < -0.3 is 17.0 Å². The average Bonchev–Trinajstić information content (AvgIpc) is 2.84. The highest BCUT2D eigenvalue weighted by Crippen LogP contribution is 2.43. The van der Waals surface area contributed by atoms with Crippen LogP contribution in [0.25, 0.3) is 0 Å². The first-order valence-corrected chi connectivity index (χ1v) is 12.9. The van der Waals surface area contributed by atoms with E-state index in [1.807, 2.05) is 0 Å². The van der Waals surface area contributed by atoms with Crippen LogP contribution in [-0.4, -0.2) is 5.75 Å². The third-order valence-corrected chi connectivity index (χ3v) is 6.88. The predicted molar refractivity (Wildman–Crippen MR) is 140 cm³/mol. The van der Waals surface area contributed by atoms with E-state index in [2.05, 4.69) is 104 Å². The summed E-state index contributed by atoms with van der Waals surface area (Å²) in [5.41, 5.74) is 4.12. The summed E-state index contributed by atoms with van der Waals surface area (Å²) in [6, 6.07) is 33.4. The van der Waals surface area contributed by atoms with Crippen molar-refractivity contribution < 1.29 is 17.0 Å². The van der Waals surface area contributed by atoms with Crippen molar-refractivity contribution in [1.29, 1.82) is 0 Å². The van der Waals surface area contributed by atoms with Gasteiger partial charge in [0.25, 0.3) is 0 Å². The molecule has 0 heterocycles. The van der Waals surface area contributed by atoms with Crippen molar-refractivity contribution in [1.82, 2.24) is 0 Å². The van der Waals surface area contributed by atoms with Crippen LogP contribution in [-0.2, 0) is 18.0 Å². The first kappa shape index (κ1) is 26.7. The SMILES string of the molecule is [Br-].[SH2+]CCCCCCCCCCCC(c1ccccc1)(c1ccccc1)c1ccccc1. The Bertz CT molecular complexity index is 736. The van der Waals surface area contributed by atoms with Crippen LogP contribution in [0.3, 0.4) is 0 Å². The molecule has 32 heavy (non-hydrogen) atoms. The van der Waals surface area contributed by atoms with Crippen molar-refractivity contribution in [2.75, 3.05) is 5.75 Å². The molecule has 0 bridgehead atoms. The van der Waals surface area contributed by atoms with Crippen LogP contribution in [0.2, 0.25) is 0 Å². The standard InChI is InChI=1S/C30H38S.BrH/c31-26-18-7-5-3-1-2-4-6-17-25-30(27-19-11-8-12-20-27,28-21-13-9-14-22-28)29-23-15-10-16-24-29;/h8-16,19-24,31H,1-7,17-18,25-26H2;1H. The summed E-state index contributed by atoms with van der Waals surface area (Å²) in [6.45, 7) is 0. The smallest absolute Gasteiger partial charge is 0.103 e. The largest absolute Gasteiger partial charge is 1.00 e. The van der Waals surface area contributed by atoms with Crippen molar-refractivity contribution in [3.8, 4) is 0 Å². The van der Waals surface area contributed by atoms with E-state index in [9.17, 15) is 0 Å². The quantitative estimate of drug-likeness (QED) is 0.164. The van der Waals surface area contributed by atoms with E-state index < -0.39 is 0 Å². The van der Waals surface area contributed by atoms with Gasteiger partial charge >= 0.3 is 0 Å². The van der Waals surface area contributed by atoms with Crippen molar-refractivity contribution in [3.63, 3.8) is 0 Å². The van der Waals surface area contributed by atoms with Crippen molar-refractivity contribution in [3.05, 3.63) is 108 Å². The van der Waals surface area contributed by atoms with Gasteiger partial charge in [0.05, 0.1) is 0 Å². The van der Waals surface area contributed by atoms with Crippen LogP contribution in [0.1, 0.15) is 80.9 Å². The zero-order chi connectivity index (χ0) is 21.6. The molecule has 0 unspecified atom stereocenters. The maximum Gasteiger partial charge on any atom is 0.103 e. The fourth-order valence-corrected chi connectivity index (χ4v) is 5.10. The first-order chi connectivity index (χ1) is 15.4. The van der Waals surface area contributed by atoms with Crippen molar-refractivity contribution in [2.24, 2.45) is 0 Å². The van der Waals surface area contributed by atoms with E-state index in [1.54, 1.807) is 0 Å².